The molecule has 2 heterocycles. The van der Waals surface area contributed by atoms with Gasteiger partial charge >= 0.3 is 5.97 Å². The Morgan fingerprint density at radius 1 is 1.59 bits per heavy atom. The van der Waals surface area contributed by atoms with Gasteiger partial charge in [0.1, 0.15) is 11.3 Å². The summed E-state index contributed by atoms with van der Waals surface area (Å²) in [5, 5.41) is 15.0. The van der Waals surface area contributed by atoms with Crippen LogP contribution in [-0.2, 0) is 6.42 Å². The molecule has 0 atom stereocenters. The Balaban J connectivity index is 2.40. The van der Waals surface area contributed by atoms with E-state index in [1.807, 2.05) is 17.5 Å². The number of aryl methyl sites for hydroxylation is 1. The van der Waals surface area contributed by atoms with E-state index in [1.54, 1.807) is 0 Å². The van der Waals surface area contributed by atoms with Crippen molar-refractivity contribution in [2.24, 2.45) is 0 Å². The molecule has 0 saturated heterocycles. The third-order valence-corrected chi connectivity index (χ3v) is 3.37. The Kier molecular flexibility index (Phi) is 3.58. The van der Waals surface area contributed by atoms with E-state index in [4.69, 9.17) is 4.52 Å². The Morgan fingerprint density at radius 2 is 2.41 bits per heavy atom. The number of carboxylic acids is 1. The minimum absolute atomic E-state index is 0.209. The highest BCUT2D eigenvalue weighted by Crippen LogP contribution is 2.29. The molecule has 90 valence electrons. The lowest BCUT2D eigenvalue weighted by atomic mass is 10.1. The number of carboxylic acid groups (broad SMARTS) is 1. The van der Waals surface area contributed by atoms with Crippen molar-refractivity contribution in [1.29, 1.82) is 0 Å². The molecule has 0 bridgehead atoms. The van der Waals surface area contributed by atoms with Gasteiger partial charge in [-0.3, -0.25) is 0 Å². The number of hydrogen-bond donors (Lipinski definition) is 1. The van der Waals surface area contributed by atoms with Gasteiger partial charge in [-0.25, -0.2) is 4.79 Å². The maximum atomic E-state index is 11.3. The molecular weight excluding hydrogens is 238 g/mol. The van der Waals surface area contributed by atoms with Gasteiger partial charge in [0.15, 0.2) is 5.76 Å². The number of nitrogens with zero attached hydrogens (tertiary/aromatic N) is 1. The summed E-state index contributed by atoms with van der Waals surface area (Å²) < 4.78 is 5.16. The number of aromatic nitrogens is 1. The van der Waals surface area contributed by atoms with E-state index in [0.717, 1.165) is 17.7 Å². The van der Waals surface area contributed by atoms with Gasteiger partial charge in [0.25, 0.3) is 0 Å². The molecule has 0 amide bonds. The van der Waals surface area contributed by atoms with Crippen LogP contribution in [0.25, 0.3) is 10.6 Å². The molecule has 0 aromatic carbocycles. The fourth-order valence-electron chi connectivity index (χ4n) is 1.63. The van der Waals surface area contributed by atoms with Crippen molar-refractivity contribution in [1.82, 2.24) is 5.16 Å². The zero-order chi connectivity index (χ0) is 12.3. The van der Waals surface area contributed by atoms with Gasteiger partial charge in [0.2, 0.25) is 0 Å². The first-order valence-electron chi connectivity index (χ1n) is 5.49. The van der Waals surface area contributed by atoms with Gasteiger partial charge in [-0.2, -0.15) is 0 Å². The predicted molar refractivity (Wildman–Crippen MR) is 65.4 cm³/mol. The fourth-order valence-corrected chi connectivity index (χ4v) is 2.35. The molecule has 1 N–H and O–H groups in total. The molecule has 17 heavy (non-hydrogen) atoms. The van der Waals surface area contributed by atoms with Gasteiger partial charge in [0, 0.05) is 6.42 Å². The molecular formula is C12H13NO3S. The summed E-state index contributed by atoms with van der Waals surface area (Å²) in [7, 11) is 0. The van der Waals surface area contributed by atoms with Crippen LogP contribution in [0.15, 0.2) is 22.0 Å². The Morgan fingerprint density at radius 3 is 3.00 bits per heavy atom. The summed E-state index contributed by atoms with van der Waals surface area (Å²) in [6.45, 7) is 2.05. The van der Waals surface area contributed by atoms with Crippen LogP contribution in [0, 0.1) is 0 Å². The van der Waals surface area contributed by atoms with Crippen molar-refractivity contribution in [3.05, 3.63) is 28.8 Å². The average Bonchev–Trinajstić information content (AvgIpc) is 2.94. The van der Waals surface area contributed by atoms with Crippen molar-refractivity contribution < 1.29 is 14.4 Å². The first kappa shape index (κ1) is 11.9. The summed E-state index contributed by atoms with van der Waals surface area (Å²) in [5.41, 5.74) is 0.652. The maximum Gasteiger partial charge on any atom is 0.341 e. The molecule has 5 heteroatoms. The largest absolute Gasteiger partial charge is 0.477 e. The minimum Gasteiger partial charge on any atom is -0.477 e. The molecule has 0 unspecified atom stereocenters. The monoisotopic (exact) mass is 251 g/mol. The molecule has 4 nitrogen and oxygen atoms in total. The first-order valence-corrected chi connectivity index (χ1v) is 6.37. The van der Waals surface area contributed by atoms with E-state index in [2.05, 4.69) is 12.1 Å². The number of thiophene rings is 1. The quantitative estimate of drug-likeness (QED) is 0.884. The molecule has 2 aromatic heterocycles. The van der Waals surface area contributed by atoms with Crippen LogP contribution in [0.2, 0.25) is 0 Å². The molecule has 2 aromatic rings. The summed E-state index contributed by atoms with van der Waals surface area (Å²) in [5.74, 6) is -0.497. The number of rotatable bonds is 5. The van der Waals surface area contributed by atoms with Crippen LogP contribution >= 0.6 is 11.3 Å². The van der Waals surface area contributed by atoms with E-state index in [0.29, 0.717) is 17.9 Å². The normalized spacial score (nSPS) is 10.6. The topological polar surface area (TPSA) is 63.3 Å². The number of aromatic carboxylic acids is 1. The second-order valence-corrected chi connectivity index (χ2v) is 4.66. The smallest absolute Gasteiger partial charge is 0.341 e. The highest BCUT2D eigenvalue weighted by atomic mass is 32.1. The maximum absolute atomic E-state index is 11.3. The van der Waals surface area contributed by atoms with Crippen LogP contribution < -0.4 is 0 Å². The summed E-state index contributed by atoms with van der Waals surface area (Å²) in [6.07, 6.45) is 2.52. The molecule has 0 radical (unpaired) electrons. The summed E-state index contributed by atoms with van der Waals surface area (Å²) >= 11 is 1.46. The van der Waals surface area contributed by atoms with E-state index >= 15 is 0 Å². The van der Waals surface area contributed by atoms with Gasteiger partial charge in [0.05, 0.1) is 4.88 Å². The van der Waals surface area contributed by atoms with Crippen molar-refractivity contribution in [3.63, 3.8) is 0 Å². The second kappa shape index (κ2) is 5.14. The van der Waals surface area contributed by atoms with Crippen LogP contribution in [0.3, 0.4) is 0 Å². The van der Waals surface area contributed by atoms with Crippen molar-refractivity contribution >= 4 is 17.3 Å². The van der Waals surface area contributed by atoms with Crippen LogP contribution in [0.5, 0.6) is 0 Å². The van der Waals surface area contributed by atoms with E-state index in [-0.39, 0.29) is 5.56 Å². The zero-order valence-electron chi connectivity index (χ0n) is 9.47. The molecule has 0 aliphatic heterocycles. The first-order chi connectivity index (χ1) is 8.24. The van der Waals surface area contributed by atoms with Crippen LogP contribution in [0.1, 0.15) is 35.9 Å². The molecule has 2 rings (SSSR count). The second-order valence-electron chi connectivity index (χ2n) is 3.72. The Labute approximate surface area is 103 Å². The fraction of sp³-hybridized carbons (Fsp3) is 0.333. The molecule has 0 spiro atoms. The molecule has 0 saturated carbocycles. The van der Waals surface area contributed by atoms with Gasteiger partial charge in [-0.05, 0) is 17.9 Å². The van der Waals surface area contributed by atoms with E-state index in [1.165, 1.54) is 11.3 Å². The Bertz CT molecular complexity index is 502. The molecule has 0 aliphatic rings. The minimum atomic E-state index is -0.972. The highest BCUT2D eigenvalue weighted by Gasteiger charge is 2.23. The third-order valence-electron chi connectivity index (χ3n) is 2.49. The van der Waals surface area contributed by atoms with Gasteiger partial charge < -0.3 is 9.63 Å². The van der Waals surface area contributed by atoms with Gasteiger partial charge in [-0.15, -0.1) is 11.3 Å². The summed E-state index contributed by atoms with van der Waals surface area (Å²) in [6, 6.07) is 3.71. The lowest BCUT2D eigenvalue weighted by Gasteiger charge is -1.96. The van der Waals surface area contributed by atoms with Gasteiger partial charge in [-0.1, -0.05) is 24.6 Å². The molecule has 0 aliphatic carbocycles. The lowest BCUT2D eigenvalue weighted by Crippen LogP contribution is -2.01. The molecule has 0 fully saturated rings. The van der Waals surface area contributed by atoms with Crippen LogP contribution in [-0.4, -0.2) is 16.2 Å². The van der Waals surface area contributed by atoms with Crippen molar-refractivity contribution in [3.8, 4) is 10.6 Å². The van der Waals surface area contributed by atoms with Crippen molar-refractivity contribution in [2.75, 3.05) is 0 Å². The third kappa shape index (κ3) is 2.39. The predicted octanol–water partition coefficient (Wildman–Crippen LogP) is 3.44. The van der Waals surface area contributed by atoms with E-state index < -0.39 is 5.97 Å². The van der Waals surface area contributed by atoms with Crippen molar-refractivity contribution in [2.45, 2.75) is 26.2 Å². The number of hydrogen-bond acceptors (Lipinski definition) is 4. The summed E-state index contributed by atoms with van der Waals surface area (Å²) in [4.78, 5) is 12.1. The SMILES string of the molecule is CCCCc1onc(-c2cccs2)c1C(=O)O. The number of carbonyl (C=O) groups is 1. The zero-order valence-corrected chi connectivity index (χ0v) is 10.3. The Hall–Kier alpha value is -1.62. The van der Waals surface area contributed by atoms with E-state index in [9.17, 15) is 9.90 Å². The lowest BCUT2D eigenvalue weighted by molar-refractivity contribution is 0.0695. The average molecular weight is 251 g/mol. The number of unbranched alkanes of at least 4 members (excludes halogenated alkanes) is 1. The standard InChI is InChI=1S/C12H13NO3S/c1-2-3-5-8-10(12(14)15)11(13-16-8)9-6-4-7-17-9/h4,6-7H,2-3,5H2,1H3,(H,14,15). The highest BCUT2D eigenvalue weighted by molar-refractivity contribution is 7.13. The van der Waals surface area contributed by atoms with Crippen LogP contribution in [0.4, 0.5) is 0 Å².